The smallest absolute Gasteiger partial charge is 0.328 e. The fourth-order valence-corrected chi connectivity index (χ4v) is 2.95. The number of aromatic nitrogens is 1. The van der Waals surface area contributed by atoms with Crippen molar-refractivity contribution in [1.29, 1.82) is 0 Å². The highest BCUT2D eigenvalue weighted by molar-refractivity contribution is 5.97. The van der Waals surface area contributed by atoms with E-state index in [2.05, 4.69) is 17.4 Å². The molecule has 2 rings (SSSR count). The van der Waals surface area contributed by atoms with Gasteiger partial charge >= 0.3 is 5.97 Å². The highest BCUT2D eigenvalue weighted by atomic mass is 16.5. The lowest BCUT2D eigenvalue weighted by Gasteiger charge is -2.31. The molecule has 1 fully saturated rings. The Kier molecular flexibility index (Phi) is 5.57. The van der Waals surface area contributed by atoms with Gasteiger partial charge in [-0.25, -0.2) is 4.79 Å². The van der Waals surface area contributed by atoms with E-state index in [4.69, 9.17) is 9.26 Å². The quantitative estimate of drug-likeness (QED) is 0.845. The van der Waals surface area contributed by atoms with Gasteiger partial charge in [0, 0.05) is 0 Å². The minimum atomic E-state index is -0.603. The summed E-state index contributed by atoms with van der Waals surface area (Å²) in [5.74, 6) is 0.106. The maximum Gasteiger partial charge on any atom is 0.328 e. The summed E-state index contributed by atoms with van der Waals surface area (Å²) >= 11 is 0. The number of hydrogen-bond donors (Lipinski definition) is 1. The lowest BCUT2D eigenvalue weighted by molar-refractivity contribution is -0.147. The van der Waals surface area contributed by atoms with Gasteiger partial charge in [-0.3, -0.25) is 4.79 Å². The van der Waals surface area contributed by atoms with Crippen LogP contribution in [0.1, 0.15) is 55.6 Å². The minimum absolute atomic E-state index is 0.124. The molecule has 0 unspecified atom stereocenters. The number of hydrogen-bond acceptors (Lipinski definition) is 5. The van der Waals surface area contributed by atoms with Crippen molar-refractivity contribution in [3.8, 4) is 0 Å². The minimum Gasteiger partial charge on any atom is -0.464 e. The molecular formula is C16H24N2O4. The Morgan fingerprint density at radius 2 is 2.09 bits per heavy atom. The van der Waals surface area contributed by atoms with Crippen LogP contribution in [0.25, 0.3) is 0 Å². The molecule has 1 heterocycles. The van der Waals surface area contributed by atoms with Gasteiger partial charge in [0.05, 0.1) is 12.3 Å². The van der Waals surface area contributed by atoms with Gasteiger partial charge in [0.15, 0.2) is 0 Å². The van der Waals surface area contributed by atoms with Gasteiger partial charge < -0.3 is 14.6 Å². The zero-order chi connectivity index (χ0) is 16.1. The van der Waals surface area contributed by atoms with Crippen LogP contribution in [-0.2, 0) is 9.53 Å². The molecule has 1 aromatic heterocycles. The molecule has 0 radical (unpaired) electrons. The first-order valence-corrected chi connectivity index (χ1v) is 7.91. The number of nitrogens with one attached hydrogen (secondary N) is 1. The van der Waals surface area contributed by atoms with E-state index < -0.39 is 6.04 Å². The summed E-state index contributed by atoms with van der Waals surface area (Å²) in [6, 6.07) is -0.603. The molecule has 0 bridgehead atoms. The average molecular weight is 308 g/mol. The van der Waals surface area contributed by atoms with Crippen molar-refractivity contribution in [2.45, 2.75) is 52.5 Å². The standard InChI is InChI=1S/C16H24N2O4/c1-4-21-16(20)14(12-7-5-10(2)6-8-12)17-15(19)13-9-22-18-11(13)3/h9-10,12,14H,4-8H2,1-3H3,(H,17,19)/t10-,12-,14-/m0/s1. The lowest BCUT2D eigenvalue weighted by Crippen LogP contribution is -2.47. The van der Waals surface area contributed by atoms with Crippen LogP contribution in [0, 0.1) is 18.8 Å². The molecule has 6 nitrogen and oxygen atoms in total. The molecule has 0 saturated heterocycles. The zero-order valence-corrected chi connectivity index (χ0v) is 13.4. The highest BCUT2D eigenvalue weighted by Gasteiger charge is 2.34. The highest BCUT2D eigenvalue weighted by Crippen LogP contribution is 2.31. The Labute approximate surface area is 130 Å². The average Bonchev–Trinajstić information content (AvgIpc) is 2.92. The molecule has 1 N–H and O–H groups in total. The Bertz CT molecular complexity index is 518. The maximum absolute atomic E-state index is 12.3. The van der Waals surface area contributed by atoms with Crippen LogP contribution in [-0.4, -0.2) is 29.7 Å². The Morgan fingerprint density at radius 3 is 2.64 bits per heavy atom. The van der Waals surface area contributed by atoms with Crippen LogP contribution in [0.15, 0.2) is 10.8 Å². The zero-order valence-electron chi connectivity index (χ0n) is 13.4. The van der Waals surface area contributed by atoms with E-state index in [0.29, 0.717) is 23.8 Å². The van der Waals surface area contributed by atoms with Gasteiger partial charge in [-0.2, -0.15) is 0 Å². The third kappa shape index (κ3) is 3.87. The SMILES string of the molecule is CCOC(=O)[C@@H](NC(=O)c1conc1C)[C@H]1CC[C@H](C)CC1. The first kappa shape index (κ1) is 16.5. The van der Waals surface area contributed by atoms with E-state index in [1.165, 1.54) is 6.26 Å². The second-order valence-corrected chi connectivity index (χ2v) is 6.04. The van der Waals surface area contributed by atoms with Crippen molar-refractivity contribution in [2.75, 3.05) is 6.61 Å². The van der Waals surface area contributed by atoms with Crippen molar-refractivity contribution in [1.82, 2.24) is 10.5 Å². The summed E-state index contributed by atoms with van der Waals surface area (Å²) in [6.07, 6.45) is 5.29. The third-order valence-corrected chi connectivity index (χ3v) is 4.35. The molecule has 1 aromatic rings. The van der Waals surface area contributed by atoms with E-state index in [9.17, 15) is 9.59 Å². The molecule has 0 aromatic carbocycles. The van der Waals surface area contributed by atoms with Crippen LogP contribution in [0.2, 0.25) is 0 Å². The molecule has 122 valence electrons. The van der Waals surface area contributed by atoms with Crippen LogP contribution in [0.4, 0.5) is 0 Å². The number of amides is 1. The second-order valence-electron chi connectivity index (χ2n) is 6.04. The van der Waals surface area contributed by atoms with Crippen molar-refractivity contribution >= 4 is 11.9 Å². The first-order valence-electron chi connectivity index (χ1n) is 7.91. The Hall–Kier alpha value is -1.85. The number of carbonyl (C=O) groups is 2. The molecule has 1 saturated carbocycles. The fourth-order valence-electron chi connectivity index (χ4n) is 2.95. The number of nitrogens with zero attached hydrogens (tertiary/aromatic N) is 1. The molecule has 6 heteroatoms. The third-order valence-electron chi connectivity index (χ3n) is 4.35. The monoisotopic (exact) mass is 308 g/mol. The van der Waals surface area contributed by atoms with Crippen molar-refractivity contribution in [3.05, 3.63) is 17.5 Å². The second kappa shape index (κ2) is 7.42. The van der Waals surface area contributed by atoms with Crippen molar-refractivity contribution < 1.29 is 18.8 Å². The van der Waals surface area contributed by atoms with Crippen molar-refractivity contribution in [2.24, 2.45) is 11.8 Å². The Morgan fingerprint density at radius 1 is 1.41 bits per heavy atom. The summed E-state index contributed by atoms with van der Waals surface area (Å²) in [5, 5.41) is 6.51. The maximum atomic E-state index is 12.3. The van der Waals surface area contributed by atoms with Gasteiger partial charge in [-0.15, -0.1) is 0 Å². The largest absolute Gasteiger partial charge is 0.464 e. The first-order chi connectivity index (χ1) is 10.5. The molecule has 22 heavy (non-hydrogen) atoms. The number of ether oxygens (including phenoxy) is 1. The molecule has 0 aliphatic heterocycles. The van der Waals surface area contributed by atoms with E-state index in [1.807, 2.05) is 0 Å². The van der Waals surface area contributed by atoms with Gasteiger partial charge in [0.1, 0.15) is 17.9 Å². The fraction of sp³-hybridized carbons (Fsp3) is 0.688. The summed E-state index contributed by atoms with van der Waals surface area (Å²) in [4.78, 5) is 24.6. The van der Waals surface area contributed by atoms with Crippen LogP contribution in [0.3, 0.4) is 0 Å². The summed E-state index contributed by atoms with van der Waals surface area (Å²) in [7, 11) is 0. The summed E-state index contributed by atoms with van der Waals surface area (Å²) in [5.41, 5.74) is 0.871. The molecule has 1 aliphatic carbocycles. The predicted octanol–water partition coefficient (Wildman–Crippen LogP) is 2.47. The van der Waals surface area contributed by atoms with Gasteiger partial charge in [0.2, 0.25) is 0 Å². The Balaban J connectivity index is 2.09. The van der Waals surface area contributed by atoms with Crippen LogP contribution in [0.5, 0.6) is 0 Å². The normalized spacial score (nSPS) is 22.9. The lowest BCUT2D eigenvalue weighted by atomic mass is 9.79. The molecule has 1 amide bonds. The van der Waals surface area contributed by atoms with E-state index in [1.54, 1.807) is 13.8 Å². The van der Waals surface area contributed by atoms with Gasteiger partial charge in [0.25, 0.3) is 5.91 Å². The topological polar surface area (TPSA) is 81.4 Å². The van der Waals surface area contributed by atoms with E-state index >= 15 is 0 Å². The van der Waals surface area contributed by atoms with Gasteiger partial charge in [-0.05, 0) is 38.5 Å². The predicted molar refractivity (Wildman–Crippen MR) is 80.2 cm³/mol. The van der Waals surface area contributed by atoms with Crippen molar-refractivity contribution in [3.63, 3.8) is 0 Å². The molecule has 1 aliphatic rings. The number of esters is 1. The summed E-state index contributed by atoms with van der Waals surface area (Å²) in [6.45, 7) is 5.99. The van der Waals surface area contributed by atoms with Crippen LogP contribution < -0.4 is 5.32 Å². The van der Waals surface area contributed by atoms with Gasteiger partial charge in [-0.1, -0.05) is 24.9 Å². The molecular weight excluding hydrogens is 284 g/mol. The number of carbonyl (C=O) groups excluding carboxylic acids is 2. The van der Waals surface area contributed by atoms with E-state index in [0.717, 1.165) is 25.7 Å². The molecule has 1 atom stereocenters. The van der Waals surface area contributed by atoms with Crippen LogP contribution >= 0.6 is 0 Å². The summed E-state index contributed by atoms with van der Waals surface area (Å²) < 4.78 is 9.93. The number of rotatable bonds is 5. The molecule has 0 spiro atoms. The van der Waals surface area contributed by atoms with E-state index in [-0.39, 0.29) is 17.8 Å². The number of aryl methyl sites for hydroxylation is 1.